The van der Waals surface area contributed by atoms with E-state index in [1.54, 1.807) is 0 Å². The lowest BCUT2D eigenvalue weighted by atomic mass is 9.96. The molecule has 15 aromatic rings. The number of rotatable bonds is 2. The summed E-state index contributed by atoms with van der Waals surface area (Å²) in [6.07, 6.45) is 2.15. The van der Waals surface area contributed by atoms with E-state index in [-0.39, 0.29) is 0 Å². The monoisotopic (exact) mass is 746 g/mol. The first-order valence-corrected chi connectivity index (χ1v) is 20.4. The minimum Gasteiger partial charge on any atom is -0.309 e. The van der Waals surface area contributed by atoms with Crippen molar-refractivity contribution in [2.24, 2.45) is 0 Å². The fraction of sp³-hybridized carbons (Fsp3) is 0. The molecule has 6 heterocycles. The van der Waals surface area contributed by atoms with Gasteiger partial charge in [0.2, 0.25) is 0 Å². The Kier molecular flexibility index (Phi) is 5.38. The molecule has 0 amide bonds. The molecule has 0 fully saturated rings. The van der Waals surface area contributed by atoms with Gasteiger partial charge in [-0.1, -0.05) is 140 Å². The smallest absolute Gasteiger partial charge is 0.146 e. The van der Waals surface area contributed by atoms with E-state index in [0.717, 1.165) is 11.2 Å². The first kappa shape index (κ1) is 30.2. The summed E-state index contributed by atoms with van der Waals surface area (Å²) in [4.78, 5) is 5.47. The highest BCUT2D eigenvalue weighted by Gasteiger charge is 2.27. The molecular weight excluding hydrogens is 717 g/mol. The van der Waals surface area contributed by atoms with Gasteiger partial charge in [0, 0.05) is 70.5 Å². The van der Waals surface area contributed by atoms with Gasteiger partial charge in [-0.05, 0) is 58.1 Å². The summed E-state index contributed by atoms with van der Waals surface area (Å²) < 4.78 is 7.39. The maximum Gasteiger partial charge on any atom is 0.146 e. The molecule has 0 aliphatic heterocycles. The van der Waals surface area contributed by atoms with Crippen LogP contribution in [0.2, 0.25) is 0 Å². The van der Waals surface area contributed by atoms with E-state index in [2.05, 4.69) is 195 Å². The van der Waals surface area contributed by atoms with Crippen molar-refractivity contribution >= 4 is 120 Å². The summed E-state index contributed by atoms with van der Waals surface area (Å²) >= 11 is 0. The number of hydrogen-bond donors (Lipinski definition) is 0. The molecule has 0 bridgehead atoms. The lowest BCUT2D eigenvalue weighted by molar-refractivity contribution is 1.18. The van der Waals surface area contributed by atoms with Gasteiger partial charge >= 0.3 is 0 Å². The third-order valence-electron chi connectivity index (χ3n) is 13.5. The van der Waals surface area contributed by atoms with Crippen LogP contribution in [0.25, 0.3) is 136 Å². The Morgan fingerprint density at radius 1 is 0.339 bits per heavy atom. The largest absolute Gasteiger partial charge is 0.309 e. The van der Waals surface area contributed by atoms with Gasteiger partial charge in [-0.25, -0.2) is 4.98 Å². The van der Waals surface area contributed by atoms with Crippen LogP contribution in [-0.4, -0.2) is 18.4 Å². The standard InChI is InChI=1S/C55H30N4/c1-2-14-34(15-3-1)57-45-23-9-8-18-38(45)43-28-33(25-27-46(43)57)37-19-10-21-41-48-35-16-6-5-13-32(35)29-44-49-47(58(52(37)41)54(44)48)30-56-55-50(49)42-22-11-20-39-40-26-24-31-12-4-7-17-36(31)51(40)59(55)53(39)42/h1-30H. The maximum absolute atomic E-state index is 5.47. The zero-order valence-corrected chi connectivity index (χ0v) is 31.6. The summed E-state index contributed by atoms with van der Waals surface area (Å²) in [5.74, 6) is 0. The highest BCUT2D eigenvalue weighted by atomic mass is 15.0. The normalized spacial score (nSPS) is 12.7. The molecule has 6 aromatic heterocycles. The van der Waals surface area contributed by atoms with E-state index in [1.165, 1.54) is 125 Å². The van der Waals surface area contributed by atoms with Crippen molar-refractivity contribution in [3.8, 4) is 16.8 Å². The molecule has 59 heavy (non-hydrogen) atoms. The molecule has 4 nitrogen and oxygen atoms in total. The lowest BCUT2D eigenvalue weighted by Gasteiger charge is -2.09. The zero-order chi connectivity index (χ0) is 38.1. The lowest BCUT2D eigenvalue weighted by Crippen LogP contribution is -1.93. The highest BCUT2D eigenvalue weighted by molar-refractivity contribution is 6.39. The molecule has 0 N–H and O–H groups in total. The number of para-hydroxylation sites is 4. The summed E-state index contributed by atoms with van der Waals surface area (Å²) in [5, 5.41) is 17.6. The molecule has 0 unspecified atom stereocenters. The van der Waals surface area contributed by atoms with E-state index in [4.69, 9.17) is 4.98 Å². The van der Waals surface area contributed by atoms with Gasteiger partial charge in [-0.3, -0.25) is 4.40 Å². The Labute approximate surface area is 335 Å². The molecule has 15 rings (SSSR count). The second kappa shape index (κ2) is 10.5. The van der Waals surface area contributed by atoms with Crippen molar-refractivity contribution in [2.45, 2.75) is 0 Å². The van der Waals surface area contributed by atoms with Crippen molar-refractivity contribution in [3.05, 3.63) is 182 Å². The molecule has 0 spiro atoms. The Bertz CT molecular complexity index is 4300. The maximum atomic E-state index is 5.47. The van der Waals surface area contributed by atoms with Crippen LogP contribution in [0.15, 0.2) is 182 Å². The zero-order valence-electron chi connectivity index (χ0n) is 31.6. The van der Waals surface area contributed by atoms with Crippen molar-refractivity contribution in [1.82, 2.24) is 18.4 Å². The predicted octanol–water partition coefficient (Wildman–Crippen LogP) is 14.5. The molecule has 270 valence electrons. The molecule has 4 heteroatoms. The summed E-state index contributed by atoms with van der Waals surface area (Å²) in [6, 6.07) is 64.9. The topological polar surface area (TPSA) is 26.6 Å². The summed E-state index contributed by atoms with van der Waals surface area (Å²) in [5.41, 5.74) is 13.1. The average molecular weight is 747 g/mol. The van der Waals surface area contributed by atoms with Gasteiger partial charge < -0.3 is 8.97 Å². The van der Waals surface area contributed by atoms with E-state index in [1.807, 2.05) is 0 Å². The average Bonchev–Trinajstić information content (AvgIpc) is 4.09. The molecule has 0 radical (unpaired) electrons. The van der Waals surface area contributed by atoms with Crippen molar-refractivity contribution in [1.29, 1.82) is 0 Å². The Morgan fingerprint density at radius 3 is 1.92 bits per heavy atom. The minimum atomic E-state index is 1.01. The number of benzene rings is 9. The van der Waals surface area contributed by atoms with Crippen LogP contribution in [0.3, 0.4) is 0 Å². The van der Waals surface area contributed by atoms with Crippen LogP contribution in [0.1, 0.15) is 0 Å². The fourth-order valence-corrected chi connectivity index (χ4v) is 11.2. The van der Waals surface area contributed by atoms with Crippen LogP contribution >= 0.6 is 0 Å². The summed E-state index contributed by atoms with van der Waals surface area (Å²) in [7, 11) is 0. The molecule has 0 aliphatic rings. The van der Waals surface area contributed by atoms with Crippen LogP contribution in [0.4, 0.5) is 0 Å². The van der Waals surface area contributed by atoms with Gasteiger partial charge in [0.05, 0.1) is 44.8 Å². The quantitative estimate of drug-likeness (QED) is 0.173. The van der Waals surface area contributed by atoms with Crippen molar-refractivity contribution in [3.63, 3.8) is 0 Å². The molecule has 0 saturated heterocycles. The van der Waals surface area contributed by atoms with Gasteiger partial charge in [0.25, 0.3) is 0 Å². The molecule has 0 saturated carbocycles. The number of nitrogens with zero attached hydrogens (tertiary/aromatic N) is 4. The van der Waals surface area contributed by atoms with Gasteiger partial charge in [0.15, 0.2) is 0 Å². The van der Waals surface area contributed by atoms with Crippen LogP contribution < -0.4 is 0 Å². The molecular formula is C55H30N4. The Hall–Kier alpha value is -7.95. The molecule has 0 atom stereocenters. The first-order valence-electron chi connectivity index (χ1n) is 20.4. The van der Waals surface area contributed by atoms with Crippen LogP contribution in [-0.2, 0) is 0 Å². The predicted molar refractivity (Wildman–Crippen MR) is 248 cm³/mol. The first-order chi connectivity index (χ1) is 29.3. The number of pyridine rings is 1. The number of fused-ring (bicyclic) bond motifs is 20. The van der Waals surface area contributed by atoms with Crippen LogP contribution in [0.5, 0.6) is 0 Å². The third kappa shape index (κ3) is 3.56. The van der Waals surface area contributed by atoms with Crippen molar-refractivity contribution < 1.29 is 0 Å². The molecule has 9 aromatic carbocycles. The summed E-state index contributed by atoms with van der Waals surface area (Å²) in [6.45, 7) is 0. The van der Waals surface area contributed by atoms with Crippen LogP contribution in [0, 0.1) is 0 Å². The van der Waals surface area contributed by atoms with Crippen molar-refractivity contribution in [2.75, 3.05) is 0 Å². The van der Waals surface area contributed by atoms with Gasteiger partial charge in [0.1, 0.15) is 5.65 Å². The van der Waals surface area contributed by atoms with Gasteiger partial charge in [-0.15, -0.1) is 0 Å². The van der Waals surface area contributed by atoms with Gasteiger partial charge in [-0.2, -0.15) is 0 Å². The number of aromatic nitrogens is 4. The fourth-order valence-electron chi connectivity index (χ4n) is 11.2. The highest BCUT2D eigenvalue weighted by Crippen LogP contribution is 2.50. The Balaban J connectivity index is 1.12. The third-order valence-corrected chi connectivity index (χ3v) is 13.5. The minimum absolute atomic E-state index is 1.01. The van der Waals surface area contributed by atoms with E-state index in [9.17, 15) is 0 Å². The van der Waals surface area contributed by atoms with E-state index < -0.39 is 0 Å². The van der Waals surface area contributed by atoms with E-state index in [0.29, 0.717) is 0 Å². The molecule has 0 aliphatic carbocycles. The SMILES string of the molecule is c1ccc(-n2c3ccccc3c3cc(-c4cccc5c6c7ccccc7cc7c8c9c%10cccc%11c%12ccc%13ccccc%13c%12n(c9ncc8n(c45)c76)c%11%10)ccc32)cc1. The Morgan fingerprint density at radius 2 is 1.02 bits per heavy atom. The number of hydrogen-bond acceptors (Lipinski definition) is 1. The van der Waals surface area contributed by atoms with E-state index >= 15 is 0 Å². The second-order valence-electron chi connectivity index (χ2n) is 16.3. The second-order valence-corrected chi connectivity index (χ2v) is 16.3.